The molecule has 0 aliphatic carbocycles. The molecule has 0 saturated heterocycles. The van der Waals surface area contributed by atoms with Crippen LogP contribution in [0.5, 0.6) is 0 Å². The van der Waals surface area contributed by atoms with E-state index in [-0.39, 0.29) is 0 Å². The lowest BCUT2D eigenvalue weighted by atomic mass is 10.0. The number of aryl methyl sites for hydroxylation is 2. The molecule has 0 aliphatic rings. The first-order valence-electron chi connectivity index (χ1n) is 6.76. The van der Waals surface area contributed by atoms with Crippen LogP contribution in [0.2, 0.25) is 0 Å². The summed E-state index contributed by atoms with van der Waals surface area (Å²) in [6.07, 6.45) is 0. The van der Waals surface area contributed by atoms with Crippen LogP contribution in [0.3, 0.4) is 0 Å². The molecule has 4 nitrogen and oxygen atoms in total. The Hall–Kier alpha value is -2.24. The van der Waals surface area contributed by atoms with Gasteiger partial charge in [-0.2, -0.15) is 0 Å². The number of nitrogen functional groups attached to an aromatic ring is 1. The van der Waals surface area contributed by atoms with Gasteiger partial charge in [-0.3, -0.25) is 0 Å². The fourth-order valence-corrected chi connectivity index (χ4v) is 2.18. The van der Waals surface area contributed by atoms with Gasteiger partial charge < -0.3 is 14.8 Å². The highest BCUT2D eigenvalue weighted by molar-refractivity contribution is 7.93. The Morgan fingerprint density at radius 2 is 1.73 bits per heavy atom. The average Bonchev–Trinajstić information content (AvgIpc) is 2.91. The second-order valence-electron chi connectivity index (χ2n) is 4.85. The van der Waals surface area contributed by atoms with Gasteiger partial charge in [0.1, 0.15) is 5.76 Å². The fourth-order valence-electron chi connectivity index (χ4n) is 1.92. The average molecular weight is 314 g/mol. The molecule has 0 atom stereocenters. The number of rotatable bonds is 2. The molecule has 0 radical (unpaired) electrons. The molecular formula is C17H18N2O2S. The third-order valence-corrected chi connectivity index (χ3v) is 3.44. The summed E-state index contributed by atoms with van der Waals surface area (Å²) < 4.78 is 13.4. The number of benzene rings is 2. The van der Waals surface area contributed by atoms with Crippen LogP contribution in [0.25, 0.3) is 11.1 Å². The van der Waals surface area contributed by atoms with Crippen molar-refractivity contribution < 1.29 is 9.08 Å². The molecule has 0 spiro atoms. The van der Waals surface area contributed by atoms with E-state index in [9.17, 15) is 0 Å². The van der Waals surface area contributed by atoms with Crippen LogP contribution in [0, 0.1) is 13.8 Å². The highest BCUT2D eigenvalue weighted by atomic mass is 32.2. The molecule has 0 unspecified atom stereocenters. The molecule has 1 heterocycles. The molecule has 3 rings (SSSR count). The minimum Gasteiger partial charge on any atom is -0.381 e. The maximum absolute atomic E-state index is 8.86. The van der Waals surface area contributed by atoms with E-state index >= 15 is 0 Å². The predicted octanol–water partition coefficient (Wildman–Crippen LogP) is 4.79. The summed E-state index contributed by atoms with van der Waals surface area (Å²) in [5.74, 6) is 1.19. The van der Waals surface area contributed by atoms with E-state index in [1.165, 1.54) is 16.7 Å². The monoisotopic (exact) mass is 314 g/mol. The zero-order valence-electron chi connectivity index (χ0n) is 12.5. The highest BCUT2D eigenvalue weighted by Crippen LogP contribution is 2.23. The standard InChI is InChI=1S/C13H12OS.C4H6N2O/c1-10-3-2-4-12(9-10)11-5-7-13(15-14)8-6-11;1-3-2-4(5)6-7-3/h2-9,14H,1H3;2H,1H3,(H2,5,6). The van der Waals surface area contributed by atoms with Crippen molar-refractivity contribution in [3.05, 3.63) is 65.9 Å². The van der Waals surface area contributed by atoms with E-state index < -0.39 is 0 Å². The number of nitrogens with two attached hydrogens (primary N) is 1. The fraction of sp³-hybridized carbons (Fsp3) is 0.118. The predicted molar refractivity (Wildman–Crippen MR) is 90.8 cm³/mol. The van der Waals surface area contributed by atoms with Crippen molar-refractivity contribution in [1.82, 2.24) is 5.16 Å². The van der Waals surface area contributed by atoms with Crippen molar-refractivity contribution in [2.24, 2.45) is 0 Å². The first-order chi connectivity index (χ1) is 10.6. The lowest BCUT2D eigenvalue weighted by molar-refractivity contribution is 0.400. The number of hydrogen-bond acceptors (Lipinski definition) is 5. The van der Waals surface area contributed by atoms with Crippen molar-refractivity contribution in [1.29, 1.82) is 0 Å². The molecule has 0 amide bonds. The molecule has 1 aromatic heterocycles. The summed E-state index contributed by atoms with van der Waals surface area (Å²) in [6.45, 7) is 3.88. The van der Waals surface area contributed by atoms with Crippen LogP contribution < -0.4 is 5.73 Å². The topological polar surface area (TPSA) is 72.3 Å². The Kier molecular flexibility index (Phi) is 5.63. The maximum Gasteiger partial charge on any atom is 0.167 e. The molecule has 0 fully saturated rings. The summed E-state index contributed by atoms with van der Waals surface area (Å²) in [5.41, 5.74) is 8.82. The summed E-state index contributed by atoms with van der Waals surface area (Å²) in [6, 6.07) is 17.9. The number of aromatic nitrogens is 1. The van der Waals surface area contributed by atoms with E-state index in [4.69, 9.17) is 10.3 Å². The first kappa shape index (κ1) is 16.1. The van der Waals surface area contributed by atoms with Gasteiger partial charge in [0.15, 0.2) is 5.82 Å². The number of nitrogens with zero attached hydrogens (tertiary/aromatic N) is 1. The second kappa shape index (κ2) is 7.68. The van der Waals surface area contributed by atoms with E-state index in [0.29, 0.717) is 5.82 Å². The van der Waals surface area contributed by atoms with Crippen LogP contribution in [-0.4, -0.2) is 9.71 Å². The smallest absolute Gasteiger partial charge is 0.167 e. The van der Waals surface area contributed by atoms with Crippen LogP contribution in [0.15, 0.2) is 64.0 Å². The third kappa shape index (κ3) is 4.65. The van der Waals surface area contributed by atoms with Gasteiger partial charge in [0.25, 0.3) is 0 Å². The molecule has 5 heteroatoms. The van der Waals surface area contributed by atoms with Gasteiger partial charge in [-0.1, -0.05) is 47.1 Å². The molecule has 22 heavy (non-hydrogen) atoms. The molecule has 0 saturated carbocycles. The Labute approximate surface area is 134 Å². The summed E-state index contributed by atoms with van der Waals surface area (Å²) in [7, 11) is 0. The first-order valence-corrected chi connectivity index (χ1v) is 7.53. The Bertz CT molecular complexity index is 707. The van der Waals surface area contributed by atoms with Crippen LogP contribution in [0.4, 0.5) is 5.82 Å². The van der Waals surface area contributed by atoms with Crippen LogP contribution >= 0.6 is 12.0 Å². The normalized spacial score (nSPS) is 9.95. The Morgan fingerprint density at radius 3 is 2.18 bits per heavy atom. The van der Waals surface area contributed by atoms with Crippen LogP contribution in [-0.2, 0) is 0 Å². The maximum atomic E-state index is 8.86. The van der Waals surface area contributed by atoms with E-state index in [0.717, 1.165) is 22.7 Å². The molecule has 114 valence electrons. The molecule has 0 aliphatic heterocycles. The molecule has 0 bridgehead atoms. The molecule has 2 aromatic carbocycles. The van der Waals surface area contributed by atoms with E-state index in [1.54, 1.807) is 13.0 Å². The lowest BCUT2D eigenvalue weighted by Crippen LogP contribution is -1.79. The van der Waals surface area contributed by atoms with E-state index in [1.807, 2.05) is 24.3 Å². The summed E-state index contributed by atoms with van der Waals surface area (Å²) >= 11 is 0.776. The van der Waals surface area contributed by atoms with Crippen molar-refractivity contribution in [2.45, 2.75) is 18.7 Å². The van der Waals surface area contributed by atoms with Crippen molar-refractivity contribution in [3.8, 4) is 11.1 Å². The van der Waals surface area contributed by atoms with Crippen molar-refractivity contribution in [2.75, 3.05) is 5.73 Å². The second-order valence-corrected chi connectivity index (χ2v) is 5.50. The zero-order valence-corrected chi connectivity index (χ0v) is 13.3. The van der Waals surface area contributed by atoms with Gasteiger partial charge in [-0.25, -0.2) is 0 Å². The van der Waals surface area contributed by atoms with Crippen LogP contribution in [0.1, 0.15) is 11.3 Å². The summed E-state index contributed by atoms with van der Waals surface area (Å²) in [4.78, 5) is 0.867. The zero-order chi connectivity index (χ0) is 15.9. The highest BCUT2D eigenvalue weighted by Gasteiger charge is 1.98. The lowest BCUT2D eigenvalue weighted by Gasteiger charge is -2.03. The molecular weight excluding hydrogens is 296 g/mol. The van der Waals surface area contributed by atoms with Crippen molar-refractivity contribution in [3.63, 3.8) is 0 Å². The van der Waals surface area contributed by atoms with Gasteiger partial charge >= 0.3 is 0 Å². The minimum atomic E-state index is 0.442. The molecule has 3 N–H and O–H groups in total. The van der Waals surface area contributed by atoms with Gasteiger partial charge in [0.05, 0.1) is 0 Å². The quantitative estimate of drug-likeness (QED) is 0.665. The Morgan fingerprint density at radius 1 is 1.00 bits per heavy atom. The van der Waals surface area contributed by atoms with Gasteiger partial charge in [-0.15, -0.1) is 0 Å². The van der Waals surface area contributed by atoms with E-state index in [2.05, 4.69) is 40.9 Å². The number of anilines is 1. The van der Waals surface area contributed by atoms with Crippen molar-refractivity contribution >= 4 is 17.9 Å². The van der Waals surface area contributed by atoms with Gasteiger partial charge in [-0.05, 0) is 37.1 Å². The van der Waals surface area contributed by atoms with Gasteiger partial charge in [0, 0.05) is 23.0 Å². The summed E-state index contributed by atoms with van der Waals surface area (Å²) in [5, 5.41) is 3.42. The Balaban J connectivity index is 0.000000211. The largest absolute Gasteiger partial charge is 0.381 e. The minimum absolute atomic E-state index is 0.442. The van der Waals surface area contributed by atoms with Gasteiger partial charge in [0.2, 0.25) is 0 Å². The SMILES string of the molecule is Cc1cc(N)no1.Cc1cccc(-c2ccc(SO)cc2)c1. The third-order valence-electron chi connectivity index (χ3n) is 2.96. The number of hydrogen-bond donors (Lipinski definition) is 2. The molecule has 3 aromatic rings.